The van der Waals surface area contributed by atoms with Crippen molar-refractivity contribution in [3.8, 4) is 11.4 Å². The minimum atomic E-state index is 0.209. The van der Waals surface area contributed by atoms with Crippen LogP contribution >= 0.6 is 28.1 Å². The Labute approximate surface area is 98.9 Å². The largest absolute Gasteiger partial charge is 0.369 e. The molecule has 2 rings (SSSR count). The summed E-state index contributed by atoms with van der Waals surface area (Å²) in [4.78, 5) is 14.7. The van der Waals surface area contributed by atoms with Crippen LogP contribution in [-0.4, -0.2) is 19.9 Å². The quantitative estimate of drug-likeness (QED) is 0.782. The van der Waals surface area contributed by atoms with E-state index in [9.17, 15) is 0 Å². The highest BCUT2D eigenvalue weighted by Crippen LogP contribution is 2.18. The van der Waals surface area contributed by atoms with Gasteiger partial charge in [-0.1, -0.05) is 0 Å². The fourth-order valence-corrected chi connectivity index (χ4v) is 1.63. The van der Waals surface area contributed by atoms with Crippen molar-refractivity contribution in [2.45, 2.75) is 0 Å². The molecule has 2 aromatic rings. The van der Waals surface area contributed by atoms with E-state index in [1.807, 2.05) is 6.07 Å². The summed E-state index contributed by atoms with van der Waals surface area (Å²) in [7, 11) is 0. The summed E-state index contributed by atoms with van der Waals surface area (Å²) in [6.07, 6.45) is 3.35. The van der Waals surface area contributed by atoms with E-state index < -0.39 is 0 Å². The van der Waals surface area contributed by atoms with Gasteiger partial charge in [-0.3, -0.25) is 4.98 Å². The average molecular weight is 284 g/mol. The first-order valence-electron chi connectivity index (χ1n) is 4.00. The first-order valence-corrected chi connectivity index (χ1v) is 5.20. The molecule has 76 valence electrons. The number of H-pyrrole nitrogens is 1. The average Bonchev–Trinajstić information content (AvgIpc) is 2.16. The number of nitrogens with one attached hydrogen (secondary N) is 1. The zero-order chi connectivity index (χ0) is 10.8. The van der Waals surface area contributed by atoms with Gasteiger partial charge >= 0.3 is 0 Å². The summed E-state index contributed by atoms with van der Waals surface area (Å²) < 4.78 is 1.07. The number of anilines is 1. The second kappa shape index (κ2) is 4.03. The van der Waals surface area contributed by atoms with E-state index in [-0.39, 0.29) is 10.7 Å². The molecule has 0 unspecified atom stereocenters. The lowest BCUT2D eigenvalue weighted by Gasteiger charge is -2.01. The van der Waals surface area contributed by atoms with Crippen LogP contribution in [0.25, 0.3) is 11.4 Å². The van der Waals surface area contributed by atoms with E-state index in [4.69, 9.17) is 18.0 Å². The first-order chi connectivity index (χ1) is 7.15. The van der Waals surface area contributed by atoms with Crippen molar-refractivity contribution >= 4 is 34.1 Å². The number of hydrogen-bond donors (Lipinski definition) is 2. The van der Waals surface area contributed by atoms with Gasteiger partial charge in [-0.15, -0.1) is 0 Å². The molecule has 0 saturated heterocycles. The Bertz CT molecular complexity index is 553. The maximum absolute atomic E-state index is 5.53. The summed E-state index contributed by atoms with van der Waals surface area (Å²) in [6, 6.07) is 1.86. The summed E-state index contributed by atoms with van der Waals surface area (Å²) in [5, 5.41) is 0. The lowest BCUT2D eigenvalue weighted by Crippen LogP contribution is -1.99. The molecule has 0 saturated carbocycles. The van der Waals surface area contributed by atoms with E-state index in [2.05, 4.69) is 35.9 Å². The van der Waals surface area contributed by atoms with E-state index in [0.717, 1.165) is 10.0 Å². The number of nitrogen functional groups attached to an aromatic ring is 1. The number of aromatic nitrogens is 4. The topological polar surface area (TPSA) is 80.5 Å². The standard InChI is InChI=1S/C8H6BrN5S/c9-5-1-4(2-11-3-5)6-12-7(10)14-8(15)13-6/h1-3H,(H3,10,12,13,14,15). The third-order valence-electron chi connectivity index (χ3n) is 1.65. The predicted octanol–water partition coefficient (Wildman–Crippen LogP) is 1.94. The molecular formula is C8H6BrN5S. The second-order valence-corrected chi connectivity index (χ2v) is 4.04. The summed E-state index contributed by atoms with van der Waals surface area (Å²) >= 11 is 8.18. The van der Waals surface area contributed by atoms with Crippen LogP contribution in [0.4, 0.5) is 5.95 Å². The number of nitrogens with two attached hydrogens (primary N) is 1. The molecule has 0 radical (unpaired) electrons. The highest BCUT2D eigenvalue weighted by molar-refractivity contribution is 9.10. The van der Waals surface area contributed by atoms with Crippen molar-refractivity contribution in [3.63, 3.8) is 0 Å². The fourth-order valence-electron chi connectivity index (χ4n) is 1.08. The van der Waals surface area contributed by atoms with Crippen LogP contribution in [0.1, 0.15) is 0 Å². The van der Waals surface area contributed by atoms with Gasteiger partial charge in [0.15, 0.2) is 0 Å². The minimum absolute atomic E-state index is 0.209. The van der Waals surface area contributed by atoms with Crippen LogP contribution < -0.4 is 5.73 Å². The highest BCUT2D eigenvalue weighted by Gasteiger charge is 2.02. The summed E-state index contributed by atoms with van der Waals surface area (Å²) in [5.41, 5.74) is 6.33. The van der Waals surface area contributed by atoms with Crippen molar-refractivity contribution in [1.82, 2.24) is 19.9 Å². The van der Waals surface area contributed by atoms with Crippen LogP contribution in [-0.2, 0) is 0 Å². The van der Waals surface area contributed by atoms with Crippen molar-refractivity contribution in [1.29, 1.82) is 0 Å². The van der Waals surface area contributed by atoms with Crippen LogP contribution in [0.2, 0.25) is 0 Å². The van der Waals surface area contributed by atoms with Crippen LogP contribution in [0, 0.1) is 4.77 Å². The Morgan fingerprint density at radius 2 is 2.13 bits per heavy atom. The number of halogens is 1. The van der Waals surface area contributed by atoms with Gasteiger partial charge in [-0.25, -0.2) is 4.98 Å². The molecule has 0 spiro atoms. The molecule has 0 aliphatic rings. The van der Waals surface area contributed by atoms with Gasteiger partial charge < -0.3 is 10.7 Å². The molecule has 5 nitrogen and oxygen atoms in total. The van der Waals surface area contributed by atoms with E-state index in [0.29, 0.717) is 5.82 Å². The lowest BCUT2D eigenvalue weighted by atomic mass is 10.3. The SMILES string of the molecule is Nc1nc(=S)nc(-c2cncc(Br)c2)[nH]1. The minimum Gasteiger partial charge on any atom is -0.369 e. The molecule has 0 aliphatic heterocycles. The van der Waals surface area contributed by atoms with Crippen LogP contribution in [0.5, 0.6) is 0 Å². The Kier molecular flexibility index (Phi) is 2.74. The Hall–Kier alpha value is -1.34. The molecule has 7 heteroatoms. The van der Waals surface area contributed by atoms with Crippen molar-refractivity contribution in [3.05, 3.63) is 27.7 Å². The second-order valence-electron chi connectivity index (χ2n) is 2.76. The number of rotatable bonds is 1. The zero-order valence-corrected chi connectivity index (χ0v) is 9.84. The van der Waals surface area contributed by atoms with Crippen molar-refractivity contribution < 1.29 is 0 Å². The normalized spacial score (nSPS) is 10.2. The van der Waals surface area contributed by atoms with Crippen molar-refractivity contribution in [2.24, 2.45) is 0 Å². The zero-order valence-electron chi connectivity index (χ0n) is 7.44. The van der Waals surface area contributed by atoms with Gasteiger partial charge in [0.1, 0.15) is 5.82 Å². The maximum atomic E-state index is 5.53. The smallest absolute Gasteiger partial charge is 0.224 e. The lowest BCUT2D eigenvalue weighted by molar-refractivity contribution is 1.05. The van der Waals surface area contributed by atoms with Gasteiger partial charge in [0.25, 0.3) is 0 Å². The molecule has 2 heterocycles. The predicted molar refractivity (Wildman–Crippen MR) is 62.6 cm³/mol. The molecular weight excluding hydrogens is 278 g/mol. The summed E-state index contributed by atoms with van der Waals surface area (Å²) in [6.45, 7) is 0. The maximum Gasteiger partial charge on any atom is 0.224 e. The van der Waals surface area contributed by atoms with E-state index in [1.54, 1.807) is 12.4 Å². The molecule has 0 amide bonds. The van der Waals surface area contributed by atoms with E-state index in [1.165, 1.54) is 0 Å². The van der Waals surface area contributed by atoms with Gasteiger partial charge in [-0.05, 0) is 34.2 Å². The van der Waals surface area contributed by atoms with Gasteiger partial charge in [0.2, 0.25) is 10.7 Å². The van der Waals surface area contributed by atoms with Gasteiger partial charge in [-0.2, -0.15) is 4.98 Å². The number of hydrogen-bond acceptors (Lipinski definition) is 5. The monoisotopic (exact) mass is 283 g/mol. The fraction of sp³-hybridized carbons (Fsp3) is 0. The third kappa shape index (κ3) is 2.37. The Morgan fingerprint density at radius 3 is 2.80 bits per heavy atom. The Balaban J connectivity index is 2.59. The van der Waals surface area contributed by atoms with Crippen LogP contribution in [0.15, 0.2) is 22.9 Å². The molecule has 0 bridgehead atoms. The highest BCUT2D eigenvalue weighted by atomic mass is 79.9. The number of nitrogens with zero attached hydrogens (tertiary/aromatic N) is 3. The summed E-state index contributed by atoms with van der Waals surface area (Å²) in [5.74, 6) is 0.797. The third-order valence-corrected chi connectivity index (χ3v) is 2.26. The molecule has 2 aromatic heterocycles. The number of aromatic amines is 1. The molecule has 0 aromatic carbocycles. The molecule has 0 fully saturated rings. The first kappa shape index (κ1) is 10.2. The molecule has 3 N–H and O–H groups in total. The molecule has 0 atom stereocenters. The van der Waals surface area contributed by atoms with Gasteiger partial charge in [0.05, 0.1) is 0 Å². The van der Waals surface area contributed by atoms with Gasteiger partial charge in [0, 0.05) is 22.4 Å². The van der Waals surface area contributed by atoms with Crippen molar-refractivity contribution in [2.75, 3.05) is 5.73 Å². The molecule has 0 aliphatic carbocycles. The Morgan fingerprint density at radius 1 is 1.33 bits per heavy atom. The van der Waals surface area contributed by atoms with Crippen LogP contribution in [0.3, 0.4) is 0 Å². The molecule has 15 heavy (non-hydrogen) atoms. The number of pyridine rings is 1. The van der Waals surface area contributed by atoms with E-state index >= 15 is 0 Å².